The molecular weight excluding hydrogens is 227 g/mol. The first-order valence-corrected chi connectivity index (χ1v) is 4.98. The van der Waals surface area contributed by atoms with Crippen LogP contribution in [0, 0.1) is 5.82 Å². The van der Waals surface area contributed by atoms with E-state index in [4.69, 9.17) is 23.1 Å². The van der Waals surface area contributed by atoms with Crippen molar-refractivity contribution in [3.63, 3.8) is 0 Å². The van der Waals surface area contributed by atoms with Gasteiger partial charge in [0.15, 0.2) is 0 Å². The Morgan fingerprint density at radius 3 is 1.44 bits per heavy atom. The minimum Gasteiger partial charge on any atom is -0.399 e. The zero-order valence-electron chi connectivity index (χ0n) is 8.53. The van der Waals surface area contributed by atoms with Gasteiger partial charge in [-0.05, 0) is 48.5 Å². The fraction of sp³-hybridized carbons (Fsp3) is 0. The van der Waals surface area contributed by atoms with Crippen LogP contribution < -0.4 is 11.5 Å². The van der Waals surface area contributed by atoms with E-state index < -0.39 is 0 Å². The van der Waals surface area contributed by atoms with Gasteiger partial charge in [0.1, 0.15) is 5.82 Å². The molecular formula is C12H12ClFN2. The molecule has 4 heteroatoms. The van der Waals surface area contributed by atoms with Gasteiger partial charge in [0.2, 0.25) is 0 Å². The summed E-state index contributed by atoms with van der Waals surface area (Å²) in [7, 11) is 0. The lowest BCUT2D eigenvalue weighted by Gasteiger charge is -1.88. The van der Waals surface area contributed by atoms with Crippen LogP contribution in [0.4, 0.5) is 15.8 Å². The number of rotatable bonds is 0. The highest BCUT2D eigenvalue weighted by atomic mass is 35.5. The SMILES string of the molecule is Nc1ccc(Cl)cc1.Nc1ccc(F)cc1. The fourth-order valence-corrected chi connectivity index (χ4v) is 1.05. The van der Waals surface area contributed by atoms with Gasteiger partial charge in [0.05, 0.1) is 0 Å². The second-order valence-corrected chi connectivity index (χ2v) is 3.54. The van der Waals surface area contributed by atoms with Crippen molar-refractivity contribution in [2.75, 3.05) is 11.5 Å². The van der Waals surface area contributed by atoms with Gasteiger partial charge in [-0.2, -0.15) is 0 Å². The monoisotopic (exact) mass is 238 g/mol. The smallest absolute Gasteiger partial charge is 0.123 e. The van der Waals surface area contributed by atoms with E-state index in [0.717, 1.165) is 10.7 Å². The maximum atomic E-state index is 12.0. The number of hydrogen-bond acceptors (Lipinski definition) is 2. The van der Waals surface area contributed by atoms with E-state index in [9.17, 15) is 4.39 Å². The van der Waals surface area contributed by atoms with Gasteiger partial charge in [0, 0.05) is 16.4 Å². The minimum absolute atomic E-state index is 0.251. The van der Waals surface area contributed by atoms with Gasteiger partial charge in [-0.15, -0.1) is 0 Å². The molecule has 2 aromatic carbocycles. The third-order valence-electron chi connectivity index (χ3n) is 1.74. The van der Waals surface area contributed by atoms with Crippen molar-refractivity contribution in [2.45, 2.75) is 0 Å². The molecule has 0 amide bonds. The van der Waals surface area contributed by atoms with Crippen LogP contribution in [-0.2, 0) is 0 Å². The van der Waals surface area contributed by atoms with Gasteiger partial charge in [-0.1, -0.05) is 11.6 Å². The Balaban J connectivity index is 0.000000160. The number of benzene rings is 2. The van der Waals surface area contributed by atoms with E-state index in [0.29, 0.717) is 5.69 Å². The molecule has 0 atom stereocenters. The number of nitrogen functional groups attached to an aromatic ring is 2. The zero-order valence-corrected chi connectivity index (χ0v) is 9.29. The van der Waals surface area contributed by atoms with Crippen molar-refractivity contribution in [1.29, 1.82) is 0 Å². The van der Waals surface area contributed by atoms with Crippen LogP contribution in [0.1, 0.15) is 0 Å². The number of hydrogen-bond donors (Lipinski definition) is 2. The third-order valence-corrected chi connectivity index (χ3v) is 1.99. The molecule has 2 nitrogen and oxygen atoms in total. The van der Waals surface area contributed by atoms with Crippen molar-refractivity contribution in [1.82, 2.24) is 0 Å². The Hall–Kier alpha value is -1.74. The summed E-state index contributed by atoms with van der Waals surface area (Å²) in [5.41, 5.74) is 12.0. The molecule has 0 fully saturated rings. The predicted molar refractivity (Wildman–Crippen MR) is 66.7 cm³/mol. The Bertz CT molecular complexity index is 340. The summed E-state index contributed by atoms with van der Waals surface area (Å²) in [5.74, 6) is -0.251. The Kier molecular flexibility index (Phi) is 4.61. The molecule has 0 aliphatic carbocycles. The minimum atomic E-state index is -0.251. The summed E-state index contributed by atoms with van der Waals surface area (Å²) in [6, 6.07) is 12.8. The molecule has 0 aliphatic heterocycles. The molecule has 16 heavy (non-hydrogen) atoms. The van der Waals surface area contributed by atoms with Crippen molar-refractivity contribution in [3.05, 3.63) is 59.4 Å². The van der Waals surface area contributed by atoms with Gasteiger partial charge in [-0.25, -0.2) is 4.39 Å². The summed E-state index contributed by atoms with van der Waals surface area (Å²) < 4.78 is 12.0. The average Bonchev–Trinajstić information content (AvgIpc) is 2.28. The highest BCUT2D eigenvalue weighted by Gasteiger charge is 1.84. The molecule has 0 saturated carbocycles. The van der Waals surface area contributed by atoms with Gasteiger partial charge < -0.3 is 11.5 Å². The van der Waals surface area contributed by atoms with E-state index in [1.54, 1.807) is 24.3 Å². The van der Waals surface area contributed by atoms with Gasteiger partial charge in [0.25, 0.3) is 0 Å². The molecule has 0 spiro atoms. The van der Waals surface area contributed by atoms with Crippen LogP contribution in [0.3, 0.4) is 0 Å². The highest BCUT2D eigenvalue weighted by molar-refractivity contribution is 6.30. The summed E-state index contributed by atoms with van der Waals surface area (Å²) in [6.45, 7) is 0. The Morgan fingerprint density at radius 1 is 0.750 bits per heavy atom. The summed E-state index contributed by atoms with van der Waals surface area (Å²) in [4.78, 5) is 0. The van der Waals surface area contributed by atoms with Crippen molar-refractivity contribution < 1.29 is 4.39 Å². The lowest BCUT2D eigenvalue weighted by atomic mass is 10.3. The quantitative estimate of drug-likeness (QED) is 0.692. The van der Waals surface area contributed by atoms with Gasteiger partial charge in [-0.3, -0.25) is 0 Å². The Labute approximate surface area is 98.6 Å². The number of anilines is 2. The molecule has 0 radical (unpaired) electrons. The largest absolute Gasteiger partial charge is 0.399 e. The number of nitrogens with two attached hydrogens (primary N) is 2. The van der Waals surface area contributed by atoms with E-state index in [2.05, 4.69) is 0 Å². The van der Waals surface area contributed by atoms with Crippen molar-refractivity contribution in [3.8, 4) is 0 Å². The number of halogens is 2. The summed E-state index contributed by atoms with van der Waals surface area (Å²) >= 11 is 5.56. The van der Waals surface area contributed by atoms with Crippen LogP contribution in [0.25, 0.3) is 0 Å². The van der Waals surface area contributed by atoms with Crippen LogP contribution in [0.15, 0.2) is 48.5 Å². The first-order chi connectivity index (χ1) is 7.58. The van der Waals surface area contributed by atoms with Crippen LogP contribution in [-0.4, -0.2) is 0 Å². The maximum Gasteiger partial charge on any atom is 0.123 e. The van der Waals surface area contributed by atoms with Crippen molar-refractivity contribution >= 4 is 23.0 Å². The second kappa shape index (κ2) is 5.98. The molecule has 0 heterocycles. The third kappa shape index (κ3) is 4.66. The molecule has 2 rings (SSSR count). The van der Waals surface area contributed by atoms with Crippen molar-refractivity contribution in [2.24, 2.45) is 0 Å². The average molecular weight is 239 g/mol. The summed E-state index contributed by atoms with van der Waals surface area (Å²) in [6.07, 6.45) is 0. The molecule has 0 aliphatic rings. The lowest BCUT2D eigenvalue weighted by Crippen LogP contribution is -1.82. The normalized spacial score (nSPS) is 9.12. The molecule has 0 aromatic heterocycles. The summed E-state index contributed by atoms with van der Waals surface area (Å²) in [5, 5.41) is 0.721. The molecule has 2 aromatic rings. The first kappa shape index (κ1) is 12.3. The van der Waals surface area contributed by atoms with Crippen LogP contribution in [0.5, 0.6) is 0 Å². The van der Waals surface area contributed by atoms with Gasteiger partial charge >= 0.3 is 0 Å². The standard InChI is InChI=1S/C6H6ClN.C6H6FN/c2*7-5-1-3-6(8)4-2-5/h2*1-4H,8H2. The van der Waals surface area contributed by atoms with E-state index in [1.165, 1.54) is 24.3 Å². The predicted octanol–water partition coefficient (Wildman–Crippen LogP) is 3.33. The molecule has 4 N–H and O–H groups in total. The van der Waals surface area contributed by atoms with E-state index >= 15 is 0 Å². The van der Waals surface area contributed by atoms with E-state index in [-0.39, 0.29) is 5.82 Å². The maximum absolute atomic E-state index is 12.0. The molecule has 0 bridgehead atoms. The van der Waals surface area contributed by atoms with Crippen LogP contribution in [0.2, 0.25) is 5.02 Å². The highest BCUT2D eigenvalue weighted by Crippen LogP contribution is 2.09. The second-order valence-electron chi connectivity index (χ2n) is 3.10. The molecule has 84 valence electrons. The zero-order chi connectivity index (χ0) is 12.0. The molecule has 0 saturated heterocycles. The first-order valence-electron chi connectivity index (χ1n) is 4.60. The topological polar surface area (TPSA) is 52.0 Å². The molecule has 0 unspecified atom stereocenters. The lowest BCUT2D eigenvalue weighted by molar-refractivity contribution is 0.628. The Morgan fingerprint density at radius 2 is 1.12 bits per heavy atom. The van der Waals surface area contributed by atoms with E-state index in [1.807, 2.05) is 0 Å². The fourth-order valence-electron chi connectivity index (χ4n) is 0.926. The van der Waals surface area contributed by atoms with Crippen LogP contribution >= 0.6 is 11.6 Å².